The molecule has 3 unspecified atom stereocenters. The molecular formula is C16H27NO4. The minimum atomic E-state index is -0.873. The van der Waals surface area contributed by atoms with E-state index in [1.807, 2.05) is 4.90 Å². The second-order valence-electron chi connectivity index (χ2n) is 7.49. The SMILES string of the molecule is CC1CC(C(=O)N2CCOC(CC(=O)O)C2)CC(C)(C)C1. The van der Waals surface area contributed by atoms with Gasteiger partial charge in [0.2, 0.25) is 5.91 Å². The van der Waals surface area contributed by atoms with Crippen LogP contribution in [0.2, 0.25) is 0 Å². The molecule has 0 aromatic rings. The molecule has 0 bridgehead atoms. The molecule has 1 heterocycles. The second kappa shape index (κ2) is 6.34. The number of carboxylic acids is 1. The number of nitrogens with zero attached hydrogens (tertiary/aromatic N) is 1. The van der Waals surface area contributed by atoms with E-state index in [9.17, 15) is 9.59 Å². The minimum Gasteiger partial charge on any atom is -0.481 e. The normalized spacial score (nSPS) is 32.7. The van der Waals surface area contributed by atoms with E-state index in [0.717, 1.165) is 12.8 Å². The van der Waals surface area contributed by atoms with Crippen LogP contribution in [0.3, 0.4) is 0 Å². The fourth-order valence-corrected chi connectivity index (χ4v) is 4.03. The van der Waals surface area contributed by atoms with Gasteiger partial charge in [0.1, 0.15) is 0 Å². The van der Waals surface area contributed by atoms with Crippen LogP contribution in [0.5, 0.6) is 0 Å². The molecule has 1 aliphatic carbocycles. The van der Waals surface area contributed by atoms with Gasteiger partial charge >= 0.3 is 5.97 Å². The first kappa shape index (κ1) is 16.3. The lowest BCUT2D eigenvalue weighted by atomic mass is 9.67. The smallest absolute Gasteiger partial charge is 0.306 e. The first-order chi connectivity index (χ1) is 9.77. The Morgan fingerprint density at radius 3 is 2.67 bits per heavy atom. The Hall–Kier alpha value is -1.10. The molecule has 2 aliphatic rings. The van der Waals surface area contributed by atoms with Crippen LogP contribution in [0.25, 0.3) is 0 Å². The summed E-state index contributed by atoms with van der Waals surface area (Å²) in [6.07, 6.45) is 2.65. The standard InChI is InChI=1S/C16H27NO4/c1-11-6-12(9-16(2,3)8-11)15(20)17-4-5-21-13(10-17)7-14(18)19/h11-13H,4-10H2,1-3H3,(H,18,19). The average Bonchev–Trinajstić information content (AvgIpc) is 2.35. The highest BCUT2D eigenvalue weighted by molar-refractivity contribution is 5.79. The Morgan fingerprint density at radius 2 is 2.05 bits per heavy atom. The van der Waals surface area contributed by atoms with Crippen LogP contribution >= 0.6 is 0 Å². The van der Waals surface area contributed by atoms with Gasteiger partial charge in [0.25, 0.3) is 0 Å². The molecule has 5 nitrogen and oxygen atoms in total. The molecule has 3 atom stereocenters. The number of hydrogen-bond donors (Lipinski definition) is 1. The maximum Gasteiger partial charge on any atom is 0.306 e. The van der Waals surface area contributed by atoms with Crippen molar-refractivity contribution in [2.75, 3.05) is 19.7 Å². The van der Waals surface area contributed by atoms with Gasteiger partial charge in [0, 0.05) is 19.0 Å². The Kier molecular flexibility index (Phi) is 4.91. The van der Waals surface area contributed by atoms with E-state index in [2.05, 4.69) is 20.8 Å². The second-order valence-corrected chi connectivity index (χ2v) is 7.49. The van der Waals surface area contributed by atoms with Crippen molar-refractivity contribution in [2.24, 2.45) is 17.3 Å². The lowest BCUT2D eigenvalue weighted by molar-refractivity contribution is -0.151. The van der Waals surface area contributed by atoms with Crippen molar-refractivity contribution in [3.63, 3.8) is 0 Å². The zero-order chi connectivity index (χ0) is 15.6. The van der Waals surface area contributed by atoms with Crippen molar-refractivity contribution < 1.29 is 19.4 Å². The number of rotatable bonds is 3. The number of carbonyl (C=O) groups excluding carboxylic acids is 1. The third-order valence-corrected chi connectivity index (χ3v) is 4.59. The van der Waals surface area contributed by atoms with Crippen molar-refractivity contribution in [2.45, 2.75) is 52.6 Å². The molecule has 0 aromatic carbocycles. The minimum absolute atomic E-state index is 0.0314. The third-order valence-electron chi connectivity index (χ3n) is 4.59. The van der Waals surface area contributed by atoms with Crippen LogP contribution in [0.15, 0.2) is 0 Å². The highest BCUT2D eigenvalue weighted by Gasteiger charge is 2.38. The predicted molar refractivity (Wildman–Crippen MR) is 78.9 cm³/mol. The van der Waals surface area contributed by atoms with Crippen LogP contribution in [-0.4, -0.2) is 47.7 Å². The van der Waals surface area contributed by atoms with Gasteiger partial charge in [-0.2, -0.15) is 0 Å². The summed E-state index contributed by atoms with van der Waals surface area (Å²) in [5.74, 6) is -0.0408. The van der Waals surface area contributed by atoms with E-state index in [1.165, 1.54) is 6.42 Å². The van der Waals surface area contributed by atoms with Gasteiger partial charge in [-0.25, -0.2) is 0 Å². The predicted octanol–water partition coefficient (Wildman–Crippen LogP) is 2.15. The Morgan fingerprint density at radius 1 is 1.33 bits per heavy atom. The Labute approximate surface area is 126 Å². The third kappa shape index (κ3) is 4.43. The maximum absolute atomic E-state index is 12.7. The van der Waals surface area contributed by atoms with Crippen LogP contribution in [0.1, 0.15) is 46.5 Å². The molecule has 0 spiro atoms. The van der Waals surface area contributed by atoms with E-state index in [4.69, 9.17) is 9.84 Å². The molecule has 1 amide bonds. The van der Waals surface area contributed by atoms with Gasteiger partial charge < -0.3 is 14.7 Å². The Bertz CT molecular complexity index is 407. The summed E-state index contributed by atoms with van der Waals surface area (Å²) in [7, 11) is 0. The summed E-state index contributed by atoms with van der Waals surface area (Å²) >= 11 is 0. The highest BCUT2D eigenvalue weighted by atomic mass is 16.5. The van der Waals surface area contributed by atoms with Gasteiger partial charge in [-0.15, -0.1) is 0 Å². The molecular weight excluding hydrogens is 270 g/mol. The zero-order valence-corrected chi connectivity index (χ0v) is 13.3. The summed E-state index contributed by atoms with van der Waals surface area (Å²) < 4.78 is 5.44. The number of carboxylic acid groups (broad SMARTS) is 1. The summed E-state index contributed by atoms with van der Waals surface area (Å²) in [6.45, 7) is 8.12. The first-order valence-corrected chi connectivity index (χ1v) is 7.89. The highest BCUT2D eigenvalue weighted by Crippen LogP contribution is 2.42. The van der Waals surface area contributed by atoms with Gasteiger partial charge in [0.15, 0.2) is 0 Å². The van der Waals surface area contributed by atoms with Crippen LogP contribution in [-0.2, 0) is 14.3 Å². The van der Waals surface area contributed by atoms with Crippen LogP contribution in [0, 0.1) is 17.3 Å². The molecule has 0 radical (unpaired) electrons. The number of aliphatic carboxylic acids is 1. The topological polar surface area (TPSA) is 66.8 Å². The summed E-state index contributed by atoms with van der Waals surface area (Å²) in [5, 5.41) is 8.86. The quantitative estimate of drug-likeness (QED) is 0.867. The summed E-state index contributed by atoms with van der Waals surface area (Å²) in [4.78, 5) is 25.3. The van der Waals surface area contributed by atoms with Gasteiger partial charge in [-0.05, 0) is 30.6 Å². The van der Waals surface area contributed by atoms with Gasteiger partial charge in [-0.1, -0.05) is 20.8 Å². The summed E-state index contributed by atoms with van der Waals surface area (Å²) in [6, 6.07) is 0. The first-order valence-electron chi connectivity index (χ1n) is 7.89. The molecule has 2 rings (SSSR count). The maximum atomic E-state index is 12.7. The van der Waals surface area contributed by atoms with Crippen LogP contribution < -0.4 is 0 Å². The molecule has 1 aliphatic heterocycles. The van der Waals surface area contributed by atoms with E-state index >= 15 is 0 Å². The van der Waals surface area contributed by atoms with Crippen molar-refractivity contribution in [1.29, 1.82) is 0 Å². The van der Waals surface area contributed by atoms with Gasteiger partial charge in [0.05, 0.1) is 19.1 Å². The fraction of sp³-hybridized carbons (Fsp3) is 0.875. The number of hydrogen-bond acceptors (Lipinski definition) is 3. The molecule has 1 N–H and O–H groups in total. The van der Waals surface area contributed by atoms with E-state index in [1.54, 1.807) is 0 Å². The van der Waals surface area contributed by atoms with E-state index in [-0.39, 0.29) is 29.8 Å². The van der Waals surface area contributed by atoms with Crippen LogP contribution in [0.4, 0.5) is 0 Å². The lowest BCUT2D eigenvalue weighted by Gasteiger charge is -2.41. The lowest BCUT2D eigenvalue weighted by Crippen LogP contribution is -2.49. The monoisotopic (exact) mass is 297 g/mol. The molecule has 1 saturated carbocycles. The molecule has 21 heavy (non-hydrogen) atoms. The fourth-order valence-electron chi connectivity index (χ4n) is 4.03. The number of amides is 1. The summed E-state index contributed by atoms with van der Waals surface area (Å²) in [5.41, 5.74) is 0.213. The van der Waals surface area contributed by atoms with Crippen molar-refractivity contribution in [1.82, 2.24) is 4.90 Å². The van der Waals surface area contributed by atoms with Gasteiger partial charge in [-0.3, -0.25) is 9.59 Å². The Balaban J connectivity index is 1.97. The molecule has 5 heteroatoms. The molecule has 1 saturated heterocycles. The number of morpholine rings is 1. The van der Waals surface area contributed by atoms with E-state index in [0.29, 0.717) is 25.6 Å². The number of ether oxygens (including phenoxy) is 1. The van der Waals surface area contributed by atoms with Crippen molar-refractivity contribution >= 4 is 11.9 Å². The van der Waals surface area contributed by atoms with E-state index < -0.39 is 5.97 Å². The number of carbonyl (C=O) groups is 2. The van der Waals surface area contributed by atoms with Crippen molar-refractivity contribution in [3.05, 3.63) is 0 Å². The molecule has 120 valence electrons. The molecule has 0 aromatic heterocycles. The zero-order valence-electron chi connectivity index (χ0n) is 13.3. The largest absolute Gasteiger partial charge is 0.481 e. The average molecular weight is 297 g/mol. The molecule has 2 fully saturated rings. The van der Waals surface area contributed by atoms with Crippen molar-refractivity contribution in [3.8, 4) is 0 Å².